The van der Waals surface area contributed by atoms with Crippen LogP contribution in [0.5, 0.6) is 17.4 Å². The maximum absolute atomic E-state index is 13.1. The fourth-order valence-corrected chi connectivity index (χ4v) is 3.01. The highest BCUT2D eigenvalue weighted by Gasteiger charge is 2.21. The zero-order chi connectivity index (χ0) is 20.7. The Morgan fingerprint density at radius 3 is 2.50 bits per heavy atom. The summed E-state index contributed by atoms with van der Waals surface area (Å²) in [7, 11) is 0. The molecular weight excluding hydrogens is 391 g/mol. The minimum Gasteiger partial charge on any atom is -0.508 e. The van der Waals surface area contributed by atoms with Crippen molar-refractivity contribution in [2.75, 3.05) is 5.73 Å². The molecule has 0 bridgehead atoms. The minimum atomic E-state index is -0.361. The molecule has 0 spiro atoms. The van der Waals surface area contributed by atoms with Gasteiger partial charge in [0, 0.05) is 11.8 Å². The fourth-order valence-electron chi connectivity index (χ4n) is 3.01. The van der Waals surface area contributed by atoms with Gasteiger partial charge in [-0.3, -0.25) is 4.57 Å². The molecule has 3 heterocycles. The standard InChI is InChI=1S/C20H13FN6O3/c21-11-1-7-14(8-2-11)29-17-9-16-15(10-23-17)24-20(18-19(22)26-30-25-18)27(16)12-3-5-13(28)6-4-12/h1-10,28H,(H2,22,26). The van der Waals surface area contributed by atoms with Gasteiger partial charge in [-0.25, -0.2) is 19.0 Å². The predicted octanol–water partition coefficient (Wildman–Crippen LogP) is 3.69. The number of anilines is 1. The second-order valence-electron chi connectivity index (χ2n) is 6.35. The number of nitrogen functional groups attached to an aromatic ring is 1. The molecule has 0 amide bonds. The highest BCUT2D eigenvalue weighted by atomic mass is 19.1. The van der Waals surface area contributed by atoms with Crippen LogP contribution in [0.2, 0.25) is 0 Å². The third-order valence-electron chi connectivity index (χ3n) is 4.39. The smallest absolute Gasteiger partial charge is 0.221 e. The van der Waals surface area contributed by atoms with Crippen molar-refractivity contribution in [2.45, 2.75) is 0 Å². The summed E-state index contributed by atoms with van der Waals surface area (Å²) in [5.41, 5.74) is 8.02. The number of fused-ring (bicyclic) bond motifs is 1. The Hall–Kier alpha value is -4.47. The lowest BCUT2D eigenvalue weighted by atomic mass is 10.2. The maximum Gasteiger partial charge on any atom is 0.221 e. The molecule has 5 rings (SSSR count). The number of phenols is 1. The van der Waals surface area contributed by atoms with E-state index in [1.54, 1.807) is 34.9 Å². The van der Waals surface area contributed by atoms with Crippen LogP contribution in [0.4, 0.5) is 10.2 Å². The Bertz CT molecular complexity index is 1350. The first-order valence-corrected chi connectivity index (χ1v) is 8.78. The molecule has 10 heteroatoms. The second-order valence-corrected chi connectivity index (χ2v) is 6.35. The van der Waals surface area contributed by atoms with Crippen molar-refractivity contribution in [1.29, 1.82) is 0 Å². The number of rotatable bonds is 4. The monoisotopic (exact) mass is 404 g/mol. The van der Waals surface area contributed by atoms with Crippen LogP contribution < -0.4 is 10.5 Å². The average molecular weight is 404 g/mol. The zero-order valence-corrected chi connectivity index (χ0v) is 15.2. The molecule has 0 saturated carbocycles. The Morgan fingerprint density at radius 2 is 1.80 bits per heavy atom. The van der Waals surface area contributed by atoms with Crippen LogP contribution in [-0.2, 0) is 0 Å². The van der Waals surface area contributed by atoms with Gasteiger partial charge in [0.15, 0.2) is 17.3 Å². The molecule has 0 radical (unpaired) electrons. The van der Waals surface area contributed by atoms with Crippen molar-refractivity contribution in [1.82, 2.24) is 24.8 Å². The summed E-state index contributed by atoms with van der Waals surface area (Å²) in [6.07, 6.45) is 1.54. The van der Waals surface area contributed by atoms with E-state index in [4.69, 9.17) is 15.1 Å². The van der Waals surface area contributed by atoms with E-state index < -0.39 is 0 Å². The predicted molar refractivity (Wildman–Crippen MR) is 105 cm³/mol. The molecule has 0 saturated heterocycles. The molecule has 5 aromatic rings. The number of aromatic hydroxyl groups is 1. The summed E-state index contributed by atoms with van der Waals surface area (Å²) >= 11 is 0. The van der Waals surface area contributed by atoms with Crippen molar-refractivity contribution in [3.05, 3.63) is 66.6 Å². The molecule has 2 aromatic carbocycles. The number of halogens is 1. The summed E-state index contributed by atoms with van der Waals surface area (Å²) in [6.45, 7) is 0. The molecule has 0 aliphatic rings. The minimum absolute atomic E-state index is 0.0843. The van der Waals surface area contributed by atoms with Gasteiger partial charge in [-0.05, 0) is 58.8 Å². The van der Waals surface area contributed by atoms with Crippen molar-refractivity contribution < 1.29 is 18.9 Å². The number of imidazole rings is 1. The van der Waals surface area contributed by atoms with Gasteiger partial charge in [-0.2, -0.15) is 0 Å². The quantitative estimate of drug-likeness (QED) is 0.465. The largest absolute Gasteiger partial charge is 0.508 e. The molecule has 0 atom stereocenters. The van der Waals surface area contributed by atoms with Gasteiger partial charge in [0.2, 0.25) is 5.88 Å². The first-order chi connectivity index (χ1) is 14.6. The summed E-state index contributed by atoms with van der Waals surface area (Å²) < 4.78 is 25.4. The van der Waals surface area contributed by atoms with Gasteiger partial charge in [0.25, 0.3) is 0 Å². The summed E-state index contributed by atoms with van der Waals surface area (Å²) in [4.78, 5) is 8.83. The highest BCUT2D eigenvalue weighted by molar-refractivity contribution is 5.84. The number of pyridine rings is 1. The van der Waals surface area contributed by atoms with Crippen LogP contribution in [0.1, 0.15) is 0 Å². The Labute approximate surface area is 168 Å². The lowest BCUT2D eigenvalue weighted by molar-refractivity contribution is 0.310. The lowest BCUT2D eigenvalue weighted by Crippen LogP contribution is -2.00. The number of nitrogens with two attached hydrogens (primary N) is 1. The highest BCUT2D eigenvalue weighted by Crippen LogP contribution is 2.32. The van der Waals surface area contributed by atoms with Crippen LogP contribution in [0.15, 0.2) is 65.4 Å². The topological polar surface area (TPSA) is 125 Å². The molecule has 148 valence electrons. The Kier molecular flexibility index (Phi) is 4.02. The first-order valence-electron chi connectivity index (χ1n) is 8.78. The molecule has 0 aliphatic carbocycles. The Balaban J connectivity index is 1.68. The lowest BCUT2D eigenvalue weighted by Gasteiger charge is -2.09. The normalized spacial score (nSPS) is 11.1. The van der Waals surface area contributed by atoms with Gasteiger partial charge in [0.1, 0.15) is 22.8 Å². The van der Waals surface area contributed by atoms with Crippen molar-refractivity contribution in [3.8, 4) is 34.6 Å². The number of hydrogen-bond acceptors (Lipinski definition) is 8. The molecule has 9 nitrogen and oxygen atoms in total. The Morgan fingerprint density at radius 1 is 1.03 bits per heavy atom. The van der Waals surface area contributed by atoms with Gasteiger partial charge in [0.05, 0.1) is 11.7 Å². The SMILES string of the molecule is Nc1nonc1-c1nc2cnc(Oc3ccc(F)cc3)cc2n1-c1ccc(O)cc1. The molecule has 3 N–H and O–H groups in total. The van der Waals surface area contributed by atoms with Crippen LogP contribution in [0.3, 0.4) is 0 Å². The number of nitrogens with zero attached hydrogens (tertiary/aromatic N) is 5. The van der Waals surface area contributed by atoms with Gasteiger partial charge < -0.3 is 15.6 Å². The fraction of sp³-hybridized carbons (Fsp3) is 0. The molecule has 0 unspecified atom stereocenters. The maximum atomic E-state index is 13.1. The van der Waals surface area contributed by atoms with E-state index in [0.717, 1.165) is 0 Å². The molecule has 0 aliphatic heterocycles. The molecule has 0 fully saturated rings. The van der Waals surface area contributed by atoms with Gasteiger partial charge in [-0.15, -0.1) is 0 Å². The zero-order valence-electron chi connectivity index (χ0n) is 15.2. The number of benzene rings is 2. The van der Waals surface area contributed by atoms with E-state index in [2.05, 4.69) is 20.3 Å². The number of hydrogen-bond donors (Lipinski definition) is 2. The summed E-state index contributed by atoms with van der Waals surface area (Å²) in [6, 6.07) is 13.8. The van der Waals surface area contributed by atoms with E-state index in [9.17, 15) is 9.50 Å². The van der Waals surface area contributed by atoms with Crippen LogP contribution in [0.25, 0.3) is 28.2 Å². The van der Waals surface area contributed by atoms with Crippen molar-refractivity contribution >= 4 is 16.9 Å². The third-order valence-corrected chi connectivity index (χ3v) is 4.39. The van der Waals surface area contributed by atoms with E-state index in [-0.39, 0.29) is 29.0 Å². The van der Waals surface area contributed by atoms with Gasteiger partial charge in [-0.1, -0.05) is 0 Å². The summed E-state index contributed by atoms with van der Waals surface area (Å²) in [5.74, 6) is 0.946. The van der Waals surface area contributed by atoms with E-state index in [1.807, 2.05) is 0 Å². The number of aromatic nitrogens is 5. The van der Waals surface area contributed by atoms with Crippen molar-refractivity contribution in [3.63, 3.8) is 0 Å². The van der Waals surface area contributed by atoms with Gasteiger partial charge >= 0.3 is 0 Å². The first kappa shape index (κ1) is 17.6. The third kappa shape index (κ3) is 3.05. The van der Waals surface area contributed by atoms with Crippen LogP contribution >= 0.6 is 0 Å². The number of phenolic OH excluding ortho intramolecular Hbond substituents is 1. The second kappa shape index (κ2) is 6.85. The average Bonchev–Trinajstić information content (AvgIpc) is 3.33. The number of ether oxygens (including phenoxy) is 1. The van der Waals surface area contributed by atoms with Crippen LogP contribution in [-0.4, -0.2) is 30.0 Å². The molecule has 30 heavy (non-hydrogen) atoms. The van der Waals surface area contributed by atoms with E-state index >= 15 is 0 Å². The molecular formula is C20H13FN6O3. The van der Waals surface area contributed by atoms with E-state index in [0.29, 0.717) is 28.3 Å². The van der Waals surface area contributed by atoms with Crippen LogP contribution in [0, 0.1) is 5.82 Å². The summed E-state index contributed by atoms with van der Waals surface area (Å²) in [5, 5.41) is 17.1. The van der Waals surface area contributed by atoms with Crippen molar-refractivity contribution in [2.24, 2.45) is 0 Å². The van der Waals surface area contributed by atoms with E-state index in [1.165, 1.54) is 30.5 Å². The molecule has 3 aromatic heterocycles.